The Balaban J connectivity index is 1.54. The van der Waals surface area contributed by atoms with Gasteiger partial charge in [-0.25, -0.2) is 4.79 Å². The van der Waals surface area contributed by atoms with Crippen LogP contribution in [0.25, 0.3) is 11.0 Å². The molecule has 7 heteroatoms. The molecule has 0 bridgehead atoms. The Bertz CT molecular complexity index is 961. The molecule has 0 atom stereocenters. The lowest BCUT2D eigenvalue weighted by Gasteiger charge is -2.11. The molecule has 0 radical (unpaired) electrons. The molecule has 0 aliphatic carbocycles. The molecule has 0 saturated heterocycles. The molecule has 1 aromatic carbocycles. The van der Waals surface area contributed by atoms with Gasteiger partial charge in [0.2, 0.25) is 0 Å². The van der Waals surface area contributed by atoms with Crippen LogP contribution in [0, 0.1) is 13.8 Å². The summed E-state index contributed by atoms with van der Waals surface area (Å²) >= 11 is 5.31. The van der Waals surface area contributed by atoms with Crippen LogP contribution in [0.15, 0.2) is 45.7 Å². The molecule has 2 aromatic heterocycles. The van der Waals surface area contributed by atoms with Crippen LogP contribution in [-0.4, -0.2) is 21.4 Å². The van der Waals surface area contributed by atoms with E-state index in [9.17, 15) is 4.79 Å². The van der Waals surface area contributed by atoms with Crippen LogP contribution in [0.5, 0.6) is 0 Å². The minimum absolute atomic E-state index is 0.350. The molecule has 0 aliphatic rings. The van der Waals surface area contributed by atoms with E-state index in [1.165, 1.54) is 6.07 Å². The Morgan fingerprint density at radius 3 is 2.88 bits per heavy atom. The summed E-state index contributed by atoms with van der Waals surface area (Å²) in [4.78, 5) is 11.5. The van der Waals surface area contributed by atoms with Gasteiger partial charge >= 0.3 is 5.63 Å². The third-order valence-corrected chi connectivity index (χ3v) is 4.08. The highest BCUT2D eigenvalue weighted by Crippen LogP contribution is 2.20. The zero-order chi connectivity index (χ0) is 17.8. The molecule has 25 heavy (non-hydrogen) atoms. The van der Waals surface area contributed by atoms with Crippen LogP contribution in [0.3, 0.4) is 0 Å². The first-order valence-electron chi connectivity index (χ1n) is 8.11. The molecule has 130 valence electrons. The first kappa shape index (κ1) is 17.2. The van der Waals surface area contributed by atoms with Crippen molar-refractivity contribution in [1.29, 1.82) is 0 Å². The summed E-state index contributed by atoms with van der Waals surface area (Å²) in [5.74, 6) is 0. The van der Waals surface area contributed by atoms with Crippen molar-refractivity contribution in [2.75, 3.05) is 11.9 Å². The van der Waals surface area contributed by atoms with Gasteiger partial charge in [-0.1, -0.05) is 0 Å². The van der Waals surface area contributed by atoms with Gasteiger partial charge in [-0.15, -0.1) is 0 Å². The molecule has 6 nitrogen and oxygen atoms in total. The van der Waals surface area contributed by atoms with Crippen LogP contribution >= 0.6 is 12.2 Å². The summed E-state index contributed by atoms with van der Waals surface area (Å²) in [6.07, 6.45) is 2.88. The Labute approximate surface area is 150 Å². The zero-order valence-electron chi connectivity index (χ0n) is 14.2. The highest BCUT2D eigenvalue weighted by molar-refractivity contribution is 7.80. The number of benzene rings is 1. The Hall–Kier alpha value is -2.67. The Morgan fingerprint density at radius 2 is 2.12 bits per heavy atom. The molecular weight excluding hydrogens is 336 g/mol. The first-order chi connectivity index (χ1) is 12.0. The number of thiocarbonyl (C=S) groups is 1. The van der Waals surface area contributed by atoms with Gasteiger partial charge in [0, 0.05) is 42.5 Å². The predicted molar refractivity (Wildman–Crippen MR) is 103 cm³/mol. The fraction of sp³-hybridized carbons (Fsp3) is 0.278. The number of nitrogens with one attached hydrogen (secondary N) is 2. The second kappa shape index (κ2) is 7.48. The lowest BCUT2D eigenvalue weighted by atomic mass is 10.1. The summed E-state index contributed by atoms with van der Waals surface area (Å²) < 4.78 is 7.16. The third-order valence-electron chi connectivity index (χ3n) is 3.83. The SMILES string of the molecule is Cc1ccn(CCCNC(=S)Nc2ccc3c(C)cc(=O)oc3c2)n1. The zero-order valence-corrected chi connectivity index (χ0v) is 15.0. The molecule has 0 amide bonds. The van der Waals surface area contributed by atoms with E-state index < -0.39 is 0 Å². The Kier molecular flexibility index (Phi) is 5.14. The first-order valence-corrected chi connectivity index (χ1v) is 8.51. The average molecular weight is 356 g/mol. The highest BCUT2D eigenvalue weighted by atomic mass is 32.1. The van der Waals surface area contributed by atoms with Crippen molar-refractivity contribution in [3.8, 4) is 0 Å². The van der Waals surface area contributed by atoms with Crippen LogP contribution in [-0.2, 0) is 6.54 Å². The van der Waals surface area contributed by atoms with Crippen molar-refractivity contribution in [1.82, 2.24) is 15.1 Å². The molecule has 0 aliphatic heterocycles. The normalized spacial score (nSPS) is 10.8. The van der Waals surface area contributed by atoms with Gasteiger partial charge < -0.3 is 15.1 Å². The van der Waals surface area contributed by atoms with E-state index in [0.717, 1.165) is 41.8 Å². The summed E-state index contributed by atoms with van der Waals surface area (Å²) in [7, 11) is 0. The van der Waals surface area contributed by atoms with Crippen molar-refractivity contribution in [2.24, 2.45) is 0 Å². The van der Waals surface area contributed by atoms with Crippen LogP contribution in [0.1, 0.15) is 17.7 Å². The molecule has 3 rings (SSSR count). The minimum atomic E-state index is -0.350. The Morgan fingerprint density at radius 1 is 1.28 bits per heavy atom. The van der Waals surface area contributed by atoms with E-state index in [2.05, 4.69) is 15.7 Å². The maximum absolute atomic E-state index is 11.5. The molecule has 0 fully saturated rings. The summed E-state index contributed by atoms with van der Waals surface area (Å²) in [5.41, 5.74) is 2.89. The third kappa shape index (κ3) is 4.45. The number of aryl methyl sites for hydroxylation is 3. The van der Waals surface area contributed by atoms with Crippen molar-refractivity contribution in [3.05, 3.63) is 58.2 Å². The van der Waals surface area contributed by atoms with E-state index in [1.807, 2.05) is 42.9 Å². The van der Waals surface area contributed by atoms with Gasteiger partial charge in [0.1, 0.15) is 5.58 Å². The predicted octanol–water partition coefficient (Wildman–Crippen LogP) is 2.98. The number of nitrogens with zero attached hydrogens (tertiary/aromatic N) is 2. The molecular formula is C18H20N4O2S. The lowest BCUT2D eigenvalue weighted by Crippen LogP contribution is -2.29. The van der Waals surface area contributed by atoms with Crippen LogP contribution in [0.4, 0.5) is 5.69 Å². The second-order valence-electron chi connectivity index (χ2n) is 5.91. The topological polar surface area (TPSA) is 72.1 Å². The van der Waals surface area contributed by atoms with Gasteiger partial charge in [-0.3, -0.25) is 4.68 Å². The smallest absolute Gasteiger partial charge is 0.336 e. The number of hydrogen-bond donors (Lipinski definition) is 2. The number of hydrogen-bond acceptors (Lipinski definition) is 4. The molecule has 2 heterocycles. The molecule has 0 saturated carbocycles. The standard InChI is InChI=1S/C18H20N4O2S/c1-12-10-17(23)24-16-11-14(4-5-15(12)16)20-18(25)19-7-3-8-22-9-6-13(2)21-22/h4-6,9-11H,3,7-8H2,1-2H3,(H2,19,20,25). The fourth-order valence-electron chi connectivity index (χ4n) is 2.61. The van der Waals surface area contributed by atoms with Gasteiger partial charge in [-0.05, 0) is 56.2 Å². The van der Waals surface area contributed by atoms with Gasteiger partial charge in [0.15, 0.2) is 5.11 Å². The van der Waals surface area contributed by atoms with E-state index in [4.69, 9.17) is 16.6 Å². The molecule has 0 unspecified atom stereocenters. The highest BCUT2D eigenvalue weighted by Gasteiger charge is 2.04. The molecule has 2 N–H and O–H groups in total. The van der Waals surface area contributed by atoms with Crippen molar-refractivity contribution < 1.29 is 4.42 Å². The van der Waals surface area contributed by atoms with Crippen LogP contribution < -0.4 is 16.3 Å². The number of rotatable bonds is 5. The van der Waals surface area contributed by atoms with E-state index in [1.54, 1.807) is 6.07 Å². The summed E-state index contributed by atoms with van der Waals surface area (Å²) in [6.45, 7) is 5.44. The van der Waals surface area contributed by atoms with Gasteiger partial charge in [0.25, 0.3) is 0 Å². The van der Waals surface area contributed by atoms with Gasteiger partial charge in [-0.2, -0.15) is 5.10 Å². The van der Waals surface area contributed by atoms with E-state index in [0.29, 0.717) is 10.7 Å². The fourth-order valence-corrected chi connectivity index (χ4v) is 2.83. The molecule has 3 aromatic rings. The molecule has 0 spiro atoms. The van der Waals surface area contributed by atoms with Crippen LogP contribution in [0.2, 0.25) is 0 Å². The van der Waals surface area contributed by atoms with Crippen molar-refractivity contribution in [2.45, 2.75) is 26.8 Å². The summed E-state index contributed by atoms with van der Waals surface area (Å²) in [6, 6.07) is 9.08. The average Bonchev–Trinajstić information content (AvgIpc) is 2.96. The number of anilines is 1. The van der Waals surface area contributed by atoms with Gasteiger partial charge in [0.05, 0.1) is 5.69 Å². The number of fused-ring (bicyclic) bond motifs is 1. The maximum Gasteiger partial charge on any atom is 0.336 e. The van der Waals surface area contributed by atoms with E-state index >= 15 is 0 Å². The van der Waals surface area contributed by atoms with Crippen molar-refractivity contribution in [3.63, 3.8) is 0 Å². The monoisotopic (exact) mass is 356 g/mol. The summed E-state index contributed by atoms with van der Waals surface area (Å²) in [5, 5.41) is 12.1. The maximum atomic E-state index is 11.5. The number of aromatic nitrogens is 2. The quantitative estimate of drug-likeness (QED) is 0.416. The minimum Gasteiger partial charge on any atom is -0.423 e. The van der Waals surface area contributed by atoms with Crippen molar-refractivity contribution >= 4 is 34.0 Å². The second-order valence-corrected chi connectivity index (χ2v) is 6.32. The largest absolute Gasteiger partial charge is 0.423 e. The van der Waals surface area contributed by atoms with E-state index in [-0.39, 0.29) is 5.63 Å². The lowest BCUT2D eigenvalue weighted by molar-refractivity contribution is 0.560.